The zero-order chi connectivity index (χ0) is 11.4. The summed E-state index contributed by atoms with van der Waals surface area (Å²) in [6.07, 6.45) is 1.18. The van der Waals surface area contributed by atoms with E-state index in [-0.39, 0.29) is 0 Å². The smallest absolute Gasteiger partial charge is 0.177 e. The van der Waals surface area contributed by atoms with Crippen molar-refractivity contribution in [3.05, 3.63) is 27.1 Å². The largest absolute Gasteiger partial charge is 0.224 e. The zero-order valence-corrected chi connectivity index (χ0v) is 12.2. The second kappa shape index (κ2) is 5.88. The summed E-state index contributed by atoms with van der Waals surface area (Å²) in [6.45, 7) is 4.00. The van der Waals surface area contributed by atoms with Crippen LogP contribution in [0.25, 0.3) is 0 Å². The standard InChI is InChI=1S/C7H6Br2O2S.C2H6/c1-12(10,11)7-5(8)3-2-4-6(7)9;1-2/h2-4H,1H3;1-2H3. The highest BCUT2D eigenvalue weighted by atomic mass is 79.9. The third kappa shape index (κ3) is 3.71. The van der Waals surface area contributed by atoms with Crippen LogP contribution in [0.4, 0.5) is 0 Å². The van der Waals surface area contributed by atoms with Crippen LogP contribution in [0.15, 0.2) is 32.0 Å². The SMILES string of the molecule is CC.CS(=O)(=O)c1c(Br)cccc1Br. The van der Waals surface area contributed by atoms with Crippen molar-refractivity contribution in [3.63, 3.8) is 0 Å². The maximum atomic E-state index is 11.2. The average Bonchev–Trinajstić information content (AvgIpc) is 2.05. The second-order valence-corrected chi connectivity index (χ2v) is 5.98. The molecule has 0 N–H and O–H groups in total. The normalized spacial score (nSPS) is 10.4. The Balaban J connectivity index is 0.000000791. The van der Waals surface area contributed by atoms with E-state index in [1.54, 1.807) is 18.2 Å². The van der Waals surface area contributed by atoms with Gasteiger partial charge in [0.25, 0.3) is 0 Å². The summed E-state index contributed by atoms with van der Waals surface area (Å²) in [7, 11) is -3.16. The molecule has 5 heteroatoms. The first-order valence-electron chi connectivity index (χ1n) is 4.07. The van der Waals surface area contributed by atoms with Gasteiger partial charge < -0.3 is 0 Å². The van der Waals surface area contributed by atoms with Crippen molar-refractivity contribution in [2.45, 2.75) is 18.7 Å². The molecule has 0 bridgehead atoms. The maximum absolute atomic E-state index is 11.2. The van der Waals surface area contributed by atoms with Gasteiger partial charge in [-0.2, -0.15) is 0 Å². The minimum absolute atomic E-state index is 0.296. The van der Waals surface area contributed by atoms with Crippen LogP contribution in [-0.4, -0.2) is 14.7 Å². The third-order valence-electron chi connectivity index (χ3n) is 1.29. The lowest BCUT2D eigenvalue weighted by Crippen LogP contribution is -1.99. The summed E-state index contributed by atoms with van der Waals surface area (Å²) in [4.78, 5) is 0.296. The monoisotopic (exact) mass is 342 g/mol. The van der Waals surface area contributed by atoms with Crippen molar-refractivity contribution >= 4 is 41.7 Å². The number of hydrogen-bond acceptors (Lipinski definition) is 2. The highest BCUT2D eigenvalue weighted by Crippen LogP contribution is 2.29. The fourth-order valence-electron chi connectivity index (χ4n) is 0.837. The topological polar surface area (TPSA) is 34.1 Å². The van der Waals surface area contributed by atoms with Crippen molar-refractivity contribution in [1.29, 1.82) is 0 Å². The van der Waals surface area contributed by atoms with Gasteiger partial charge in [0.2, 0.25) is 0 Å². The van der Waals surface area contributed by atoms with E-state index in [0.717, 1.165) is 0 Å². The molecule has 0 saturated carbocycles. The van der Waals surface area contributed by atoms with Crippen LogP contribution >= 0.6 is 31.9 Å². The Bertz CT molecular complexity index is 379. The lowest BCUT2D eigenvalue weighted by atomic mass is 10.4. The minimum atomic E-state index is -3.16. The van der Waals surface area contributed by atoms with Crippen molar-refractivity contribution in [1.82, 2.24) is 0 Å². The predicted octanol–water partition coefficient (Wildman–Crippen LogP) is 3.64. The van der Waals surface area contributed by atoms with Gasteiger partial charge in [-0.05, 0) is 44.0 Å². The molecule has 0 aromatic heterocycles. The molecule has 0 spiro atoms. The predicted molar refractivity (Wildman–Crippen MR) is 66.3 cm³/mol. The molecular formula is C9H12Br2O2S. The Labute approximate surface area is 102 Å². The number of sulfone groups is 1. The van der Waals surface area contributed by atoms with Crippen LogP contribution in [0.1, 0.15) is 13.8 Å². The van der Waals surface area contributed by atoms with Gasteiger partial charge in [-0.3, -0.25) is 0 Å². The van der Waals surface area contributed by atoms with Crippen LogP contribution in [-0.2, 0) is 9.84 Å². The molecule has 0 saturated heterocycles. The molecular weight excluding hydrogens is 332 g/mol. The molecule has 0 aliphatic carbocycles. The highest BCUT2D eigenvalue weighted by Gasteiger charge is 2.14. The van der Waals surface area contributed by atoms with E-state index in [9.17, 15) is 8.42 Å². The number of hydrogen-bond donors (Lipinski definition) is 0. The molecule has 0 aliphatic rings. The van der Waals surface area contributed by atoms with Crippen LogP contribution in [0, 0.1) is 0 Å². The lowest BCUT2D eigenvalue weighted by molar-refractivity contribution is 0.601. The van der Waals surface area contributed by atoms with E-state index < -0.39 is 9.84 Å². The molecule has 0 atom stereocenters. The summed E-state index contributed by atoms with van der Waals surface area (Å²) in [5, 5.41) is 0. The van der Waals surface area contributed by atoms with E-state index in [4.69, 9.17) is 0 Å². The van der Waals surface area contributed by atoms with E-state index in [1.165, 1.54) is 6.26 Å². The van der Waals surface area contributed by atoms with Crippen LogP contribution in [0.2, 0.25) is 0 Å². The molecule has 1 aromatic carbocycles. The van der Waals surface area contributed by atoms with E-state index in [0.29, 0.717) is 13.8 Å². The molecule has 1 rings (SSSR count). The Morgan fingerprint density at radius 3 is 1.64 bits per heavy atom. The fraction of sp³-hybridized carbons (Fsp3) is 0.333. The minimum Gasteiger partial charge on any atom is -0.224 e. The fourth-order valence-corrected chi connectivity index (χ4v) is 4.44. The zero-order valence-electron chi connectivity index (χ0n) is 8.21. The number of halogens is 2. The van der Waals surface area contributed by atoms with Gasteiger partial charge >= 0.3 is 0 Å². The van der Waals surface area contributed by atoms with Gasteiger partial charge in [-0.15, -0.1) is 0 Å². The molecule has 80 valence electrons. The molecule has 0 fully saturated rings. The third-order valence-corrected chi connectivity index (χ3v) is 4.32. The van der Waals surface area contributed by atoms with Crippen LogP contribution in [0.3, 0.4) is 0 Å². The first-order chi connectivity index (χ1) is 6.43. The van der Waals surface area contributed by atoms with Gasteiger partial charge in [-0.1, -0.05) is 19.9 Å². The summed E-state index contributed by atoms with van der Waals surface area (Å²) in [5.74, 6) is 0. The molecule has 0 aliphatic heterocycles. The molecule has 1 aromatic rings. The van der Waals surface area contributed by atoms with E-state index in [1.807, 2.05) is 13.8 Å². The summed E-state index contributed by atoms with van der Waals surface area (Å²) in [5.41, 5.74) is 0. The van der Waals surface area contributed by atoms with Crippen LogP contribution in [0.5, 0.6) is 0 Å². The van der Waals surface area contributed by atoms with Crippen molar-refractivity contribution in [2.75, 3.05) is 6.26 Å². The van der Waals surface area contributed by atoms with Gasteiger partial charge in [0.1, 0.15) is 0 Å². The van der Waals surface area contributed by atoms with Crippen molar-refractivity contribution < 1.29 is 8.42 Å². The molecule has 2 nitrogen and oxygen atoms in total. The molecule has 0 amide bonds. The van der Waals surface area contributed by atoms with Crippen LogP contribution < -0.4 is 0 Å². The second-order valence-electron chi connectivity index (χ2n) is 2.32. The first kappa shape index (κ1) is 14.1. The van der Waals surface area contributed by atoms with Gasteiger partial charge in [-0.25, -0.2) is 8.42 Å². The molecule has 0 radical (unpaired) electrons. The molecule has 0 heterocycles. The van der Waals surface area contributed by atoms with Crippen molar-refractivity contribution in [2.24, 2.45) is 0 Å². The Hall–Kier alpha value is 0.130. The Morgan fingerprint density at radius 1 is 1.07 bits per heavy atom. The quantitative estimate of drug-likeness (QED) is 0.780. The molecule has 0 unspecified atom stereocenters. The Morgan fingerprint density at radius 2 is 1.43 bits per heavy atom. The van der Waals surface area contributed by atoms with Gasteiger partial charge in [0.15, 0.2) is 9.84 Å². The Kier molecular flexibility index (Phi) is 5.93. The number of benzene rings is 1. The maximum Gasteiger partial charge on any atom is 0.177 e. The summed E-state index contributed by atoms with van der Waals surface area (Å²) < 4.78 is 23.6. The molecule has 14 heavy (non-hydrogen) atoms. The first-order valence-corrected chi connectivity index (χ1v) is 7.55. The van der Waals surface area contributed by atoms with Gasteiger partial charge in [0.05, 0.1) is 4.90 Å². The number of rotatable bonds is 1. The van der Waals surface area contributed by atoms with E-state index in [2.05, 4.69) is 31.9 Å². The highest BCUT2D eigenvalue weighted by molar-refractivity contribution is 9.11. The van der Waals surface area contributed by atoms with Crippen molar-refractivity contribution in [3.8, 4) is 0 Å². The average molecular weight is 344 g/mol. The lowest BCUT2D eigenvalue weighted by Gasteiger charge is -2.03. The van der Waals surface area contributed by atoms with Gasteiger partial charge in [0, 0.05) is 15.2 Å². The van der Waals surface area contributed by atoms with E-state index >= 15 is 0 Å². The summed E-state index contributed by atoms with van der Waals surface area (Å²) >= 11 is 6.35. The summed E-state index contributed by atoms with van der Waals surface area (Å²) in [6, 6.07) is 5.16.